The second kappa shape index (κ2) is 8.09. The van der Waals surface area contributed by atoms with E-state index in [1.165, 1.54) is 0 Å². The van der Waals surface area contributed by atoms with Crippen molar-refractivity contribution in [2.75, 3.05) is 6.61 Å². The second-order valence-electron chi connectivity index (χ2n) is 4.97. The number of cyclic esters (lactones) is 1. The first-order valence-electron chi connectivity index (χ1n) is 6.61. The van der Waals surface area contributed by atoms with E-state index in [1.807, 2.05) is 0 Å². The first kappa shape index (κ1) is 20.6. The third-order valence-electron chi connectivity index (χ3n) is 3.18. The van der Waals surface area contributed by atoms with Gasteiger partial charge in [-0.1, -0.05) is 0 Å². The molecule has 142 valence electrons. The number of esters is 2. The fourth-order valence-electron chi connectivity index (χ4n) is 1.73. The van der Waals surface area contributed by atoms with Gasteiger partial charge in [-0.2, -0.15) is 0 Å². The van der Waals surface area contributed by atoms with Crippen LogP contribution in [0, 0.1) is 0 Å². The van der Waals surface area contributed by atoms with Crippen molar-refractivity contribution >= 4 is 17.9 Å². The van der Waals surface area contributed by atoms with Gasteiger partial charge in [-0.15, -0.1) is 0 Å². The standard InChI is InChI=1S/C12H16O13/c13-2(9-5(16)8(19)12(23)25-9)1-24-11(22)7(18)4(15)3(14)6(17)10(20)21/h2-4,6-7,9,13-19H,1H2,(H,20,21)/t2-,3+,4+,6+,7-,9-/m1/s1. The van der Waals surface area contributed by atoms with Gasteiger partial charge >= 0.3 is 17.9 Å². The zero-order valence-electron chi connectivity index (χ0n) is 12.3. The maximum atomic E-state index is 11.5. The second-order valence-corrected chi connectivity index (χ2v) is 4.97. The fourth-order valence-corrected chi connectivity index (χ4v) is 1.73. The summed E-state index contributed by atoms with van der Waals surface area (Å²) in [6, 6.07) is 0. The van der Waals surface area contributed by atoms with Crippen molar-refractivity contribution in [2.24, 2.45) is 0 Å². The highest BCUT2D eigenvalue weighted by molar-refractivity contribution is 5.89. The average Bonchev–Trinajstić information content (AvgIpc) is 2.83. The lowest BCUT2D eigenvalue weighted by Crippen LogP contribution is -2.50. The lowest BCUT2D eigenvalue weighted by atomic mass is 10.0. The summed E-state index contributed by atoms with van der Waals surface area (Å²) < 4.78 is 8.74. The third-order valence-corrected chi connectivity index (χ3v) is 3.18. The molecule has 0 aromatic carbocycles. The van der Waals surface area contributed by atoms with E-state index in [0.29, 0.717) is 0 Å². The fraction of sp³-hybridized carbons (Fsp3) is 0.583. The van der Waals surface area contributed by atoms with Gasteiger partial charge in [-0.25, -0.2) is 14.4 Å². The summed E-state index contributed by atoms with van der Waals surface area (Å²) in [7, 11) is 0. The summed E-state index contributed by atoms with van der Waals surface area (Å²) in [6.07, 6.45) is -13.4. The highest BCUT2D eigenvalue weighted by Crippen LogP contribution is 2.21. The monoisotopic (exact) mass is 368 g/mol. The summed E-state index contributed by atoms with van der Waals surface area (Å²) in [5.74, 6) is -7.02. The lowest BCUT2D eigenvalue weighted by Gasteiger charge is -2.24. The number of carboxylic acids is 1. The maximum Gasteiger partial charge on any atom is 0.377 e. The van der Waals surface area contributed by atoms with Gasteiger partial charge in [0, 0.05) is 0 Å². The van der Waals surface area contributed by atoms with E-state index in [0.717, 1.165) is 0 Å². The number of carboxylic acid groups (broad SMARTS) is 1. The summed E-state index contributed by atoms with van der Waals surface area (Å²) in [5.41, 5.74) is 0. The highest BCUT2D eigenvalue weighted by atomic mass is 16.6. The largest absolute Gasteiger partial charge is 0.505 e. The van der Waals surface area contributed by atoms with E-state index in [1.54, 1.807) is 0 Å². The third kappa shape index (κ3) is 4.55. The Bertz CT molecular complexity index is 569. The predicted molar refractivity (Wildman–Crippen MR) is 70.8 cm³/mol. The average molecular weight is 368 g/mol. The molecule has 0 aromatic rings. The molecule has 25 heavy (non-hydrogen) atoms. The number of aliphatic hydroxyl groups excluding tert-OH is 7. The Kier molecular flexibility index (Phi) is 6.66. The minimum atomic E-state index is -2.49. The smallest absolute Gasteiger partial charge is 0.377 e. The van der Waals surface area contributed by atoms with Gasteiger partial charge in [0.25, 0.3) is 0 Å². The van der Waals surface area contributed by atoms with Crippen molar-refractivity contribution in [3.05, 3.63) is 11.5 Å². The van der Waals surface area contributed by atoms with Gasteiger partial charge < -0.3 is 50.3 Å². The molecule has 0 radical (unpaired) electrons. The molecule has 0 amide bonds. The van der Waals surface area contributed by atoms with Crippen molar-refractivity contribution in [3.63, 3.8) is 0 Å². The van der Waals surface area contributed by atoms with E-state index >= 15 is 0 Å². The van der Waals surface area contributed by atoms with Crippen LogP contribution in [-0.2, 0) is 23.9 Å². The van der Waals surface area contributed by atoms with E-state index in [2.05, 4.69) is 9.47 Å². The molecule has 0 saturated heterocycles. The molecule has 6 atom stereocenters. The topological polar surface area (TPSA) is 232 Å². The van der Waals surface area contributed by atoms with Gasteiger partial charge in [0.15, 0.2) is 24.1 Å². The van der Waals surface area contributed by atoms with Gasteiger partial charge in [0.2, 0.25) is 5.76 Å². The van der Waals surface area contributed by atoms with Crippen LogP contribution in [0.25, 0.3) is 0 Å². The number of hydrogen-bond acceptors (Lipinski definition) is 12. The molecule has 0 bridgehead atoms. The molecule has 1 aliphatic heterocycles. The number of aliphatic hydroxyl groups is 7. The normalized spacial score (nSPS) is 23.4. The quantitative estimate of drug-likeness (QED) is 0.190. The van der Waals surface area contributed by atoms with Crippen LogP contribution in [0.3, 0.4) is 0 Å². The van der Waals surface area contributed by atoms with Crippen LogP contribution in [0.1, 0.15) is 0 Å². The number of aliphatic carboxylic acids is 1. The van der Waals surface area contributed by atoms with Gasteiger partial charge in [0.1, 0.15) is 24.9 Å². The zero-order chi connectivity index (χ0) is 19.5. The Morgan fingerprint density at radius 1 is 1.04 bits per heavy atom. The summed E-state index contributed by atoms with van der Waals surface area (Å²) in [5, 5.41) is 73.6. The van der Waals surface area contributed by atoms with Crippen LogP contribution >= 0.6 is 0 Å². The molecule has 13 heteroatoms. The van der Waals surface area contributed by atoms with Crippen molar-refractivity contribution < 1.29 is 64.7 Å². The summed E-state index contributed by atoms with van der Waals surface area (Å²) in [6.45, 7) is -0.977. The van der Waals surface area contributed by atoms with Crippen LogP contribution in [-0.4, -0.2) is 102 Å². The highest BCUT2D eigenvalue weighted by Gasteiger charge is 2.41. The van der Waals surface area contributed by atoms with Gasteiger partial charge in [-0.3, -0.25) is 0 Å². The Morgan fingerprint density at radius 3 is 2.00 bits per heavy atom. The van der Waals surface area contributed by atoms with E-state index in [-0.39, 0.29) is 0 Å². The molecule has 0 aromatic heterocycles. The number of hydrogen-bond donors (Lipinski definition) is 8. The first-order chi connectivity index (χ1) is 11.5. The predicted octanol–water partition coefficient (Wildman–Crippen LogP) is -4.33. The molecular formula is C12H16O13. The zero-order valence-corrected chi connectivity index (χ0v) is 12.3. The first-order valence-corrected chi connectivity index (χ1v) is 6.61. The molecule has 0 unspecified atom stereocenters. The molecule has 8 N–H and O–H groups in total. The van der Waals surface area contributed by atoms with Crippen molar-refractivity contribution in [1.29, 1.82) is 0 Å². The Morgan fingerprint density at radius 2 is 1.56 bits per heavy atom. The molecule has 0 aliphatic carbocycles. The van der Waals surface area contributed by atoms with Crippen LogP contribution in [0.15, 0.2) is 11.5 Å². The molecule has 0 fully saturated rings. The van der Waals surface area contributed by atoms with E-state index in [9.17, 15) is 39.9 Å². The summed E-state index contributed by atoms with van der Waals surface area (Å²) in [4.78, 5) is 32.9. The Balaban J connectivity index is 2.58. The number of carbonyl (C=O) groups excluding carboxylic acids is 2. The molecule has 0 saturated carbocycles. The molecule has 1 heterocycles. The number of ether oxygens (including phenoxy) is 2. The molecule has 13 nitrogen and oxygen atoms in total. The van der Waals surface area contributed by atoms with Gasteiger partial charge in [-0.05, 0) is 0 Å². The molecule has 1 rings (SSSR count). The summed E-state index contributed by atoms with van der Waals surface area (Å²) >= 11 is 0. The van der Waals surface area contributed by atoms with E-state index in [4.69, 9.17) is 15.3 Å². The van der Waals surface area contributed by atoms with Crippen molar-refractivity contribution in [3.8, 4) is 0 Å². The minimum absolute atomic E-state index is 0.977. The number of rotatable bonds is 8. The van der Waals surface area contributed by atoms with E-state index < -0.39 is 72.7 Å². The van der Waals surface area contributed by atoms with Crippen molar-refractivity contribution in [2.45, 2.75) is 36.6 Å². The van der Waals surface area contributed by atoms with Crippen molar-refractivity contribution in [1.82, 2.24) is 0 Å². The SMILES string of the molecule is O=C1O[C@H]([C@H](O)COC(=O)[C@H](O)[C@@H](O)[C@H](O)[C@H](O)C(=O)O)C(O)=C1O. The lowest BCUT2D eigenvalue weighted by molar-refractivity contribution is -0.179. The number of carbonyl (C=O) groups is 3. The minimum Gasteiger partial charge on any atom is -0.505 e. The van der Waals surface area contributed by atoms with Crippen LogP contribution in [0.4, 0.5) is 0 Å². The molecule has 1 aliphatic rings. The molecular weight excluding hydrogens is 352 g/mol. The maximum absolute atomic E-state index is 11.5. The van der Waals surface area contributed by atoms with Gasteiger partial charge in [0.05, 0.1) is 0 Å². The molecule has 0 spiro atoms. The van der Waals surface area contributed by atoms with Crippen LogP contribution in [0.2, 0.25) is 0 Å². The Labute approximate surface area is 138 Å². The van der Waals surface area contributed by atoms with Crippen LogP contribution in [0.5, 0.6) is 0 Å². The Hall–Kier alpha value is -2.45. The van der Waals surface area contributed by atoms with Crippen LogP contribution < -0.4 is 0 Å².